The lowest BCUT2D eigenvalue weighted by molar-refractivity contribution is 0.165. The molecule has 6 heteroatoms. The number of aliphatic hydroxyl groups excluding tert-OH is 1. The van der Waals surface area contributed by atoms with Crippen LogP contribution in [0.15, 0.2) is 42.7 Å². The van der Waals surface area contributed by atoms with Crippen LogP contribution in [0.3, 0.4) is 0 Å². The highest BCUT2D eigenvalue weighted by Gasteiger charge is 2.33. The Hall–Kier alpha value is -1.86. The number of hydrogen-bond acceptors (Lipinski definition) is 6. The zero-order chi connectivity index (χ0) is 20.1. The summed E-state index contributed by atoms with van der Waals surface area (Å²) in [5, 5.41) is 9.93. The van der Waals surface area contributed by atoms with E-state index >= 15 is 0 Å². The molecule has 1 N–H and O–H groups in total. The maximum Gasteiger partial charge on any atom is 0.159 e. The molecule has 29 heavy (non-hydrogen) atoms. The van der Waals surface area contributed by atoms with Crippen LogP contribution >= 0.6 is 0 Å². The maximum absolute atomic E-state index is 9.93. The van der Waals surface area contributed by atoms with Gasteiger partial charge >= 0.3 is 0 Å². The van der Waals surface area contributed by atoms with Crippen molar-refractivity contribution >= 4 is 0 Å². The van der Waals surface area contributed by atoms with Gasteiger partial charge in [-0.3, -0.25) is 4.90 Å². The highest BCUT2D eigenvalue weighted by molar-refractivity contribution is 5.53. The minimum atomic E-state index is 0.276. The van der Waals surface area contributed by atoms with Gasteiger partial charge in [0.1, 0.15) is 0 Å². The van der Waals surface area contributed by atoms with E-state index in [-0.39, 0.29) is 6.61 Å². The molecule has 2 aliphatic rings. The Morgan fingerprint density at radius 3 is 2.45 bits per heavy atom. The van der Waals surface area contributed by atoms with Crippen LogP contribution in [0.25, 0.3) is 11.4 Å². The van der Waals surface area contributed by atoms with Crippen molar-refractivity contribution in [2.75, 3.05) is 59.5 Å². The fraction of sp³-hybridized carbons (Fsp3) is 0.565. The maximum atomic E-state index is 9.93. The van der Waals surface area contributed by atoms with Crippen molar-refractivity contribution < 1.29 is 5.11 Å². The molecule has 3 heterocycles. The van der Waals surface area contributed by atoms with E-state index in [2.05, 4.69) is 31.7 Å². The molecule has 0 amide bonds. The van der Waals surface area contributed by atoms with E-state index in [4.69, 9.17) is 0 Å². The predicted octanol–water partition coefficient (Wildman–Crippen LogP) is 1.82. The van der Waals surface area contributed by atoms with Crippen LogP contribution < -0.4 is 0 Å². The number of hydrogen-bond donors (Lipinski definition) is 1. The molecule has 6 nitrogen and oxygen atoms in total. The van der Waals surface area contributed by atoms with Gasteiger partial charge in [-0.25, -0.2) is 9.97 Å². The minimum Gasteiger partial charge on any atom is -0.396 e. The Bertz CT molecular complexity index is 754. The van der Waals surface area contributed by atoms with E-state index in [9.17, 15) is 5.11 Å². The van der Waals surface area contributed by atoms with E-state index in [0.717, 1.165) is 56.2 Å². The average molecular weight is 396 g/mol. The molecule has 4 rings (SSSR count). The van der Waals surface area contributed by atoms with Crippen LogP contribution in [0.1, 0.15) is 12.0 Å². The standard InChI is InChI=1S/C23H33N5O/c1-26-8-5-9-27(11-10-26)15-21-16-28(17-22(21)18-29)14-19-12-24-23(25-13-19)20-6-3-2-4-7-20/h2-4,6-7,12-13,21-22,29H,5,8-11,14-18H2,1H3/t21-,22-/m1/s1. The lowest BCUT2D eigenvalue weighted by atomic mass is 9.96. The summed E-state index contributed by atoms with van der Waals surface area (Å²) in [6.07, 6.45) is 5.13. The molecule has 2 aliphatic heterocycles. The van der Waals surface area contributed by atoms with Crippen LogP contribution in [0, 0.1) is 11.8 Å². The molecule has 2 saturated heterocycles. The third-order valence-corrected chi connectivity index (χ3v) is 6.33. The number of aromatic nitrogens is 2. The third kappa shape index (κ3) is 5.39. The highest BCUT2D eigenvalue weighted by atomic mass is 16.3. The van der Waals surface area contributed by atoms with Gasteiger partial charge in [0.15, 0.2) is 5.82 Å². The Balaban J connectivity index is 1.33. The molecule has 156 valence electrons. The van der Waals surface area contributed by atoms with Gasteiger partial charge in [0, 0.05) is 69.4 Å². The van der Waals surface area contributed by atoms with E-state index in [1.165, 1.54) is 19.5 Å². The number of aliphatic hydroxyl groups is 1. The number of likely N-dealkylation sites (tertiary alicyclic amines) is 1. The number of benzene rings is 1. The summed E-state index contributed by atoms with van der Waals surface area (Å²) in [6.45, 7) is 8.87. The predicted molar refractivity (Wildman–Crippen MR) is 115 cm³/mol. The molecule has 2 fully saturated rings. The van der Waals surface area contributed by atoms with Crippen LogP contribution in [-0.2, 0) is 6.54 Å². The van der Waals surface area contributed by atoms with Crippen molar-refractivity contribution in [2.45, 2.75) is 13.0 Å². The lowest BCUT2D eigenvalue weighted by Crippen LogP contribution is -2.36. The lowest BCUT2D eigenvalue weighted by Gasteiger charge is -2.26. The smallest absolute Gasteiger partial charge is 0.159 e. The van der Waals surface area contributed by atoms with Gasteiger partial charge < -0.3 is 14.9 Å². The third-order valence-electron chi connectivity index (χ3n) is 6.33. The van der Waals surface area contributed by atoms with Gasteiger partial charge in [0.05, 0.1) is 0 Å². The van der Waals surface area contributed by atoms with Gasteiger partial charge in [0.2, 0.25) is 0 Å². The van der Waals surface area contributed by atoms with Crippen LogP contribution in [0.2, 0.25) is 0 Å². The van der Waals surface area contributed by atoms with Crippen molar-refractivity contribution in [1.82, 2.24) is 24.7 Å². The van der Waals surface area contributed by atoms with Gasteiger partial charge in [-0.15, -0.1) is 0 Å². The molecular formula is C23H33N5O. The first-order chi connectivity index (χ1) is 14.2. The normalized spacial score (nSPS) is 24.6. The Morgan fingerprint density at radius 1 is 0.931 bits per heavy atom. The summed E-state index contributed by atoms with van der Waals surface area (Å²) in [5.41, 5.74) is 2.18. The second kappa shape index (κ2) is 9.76. The molecule has 2 aromatic rings. The highest BCUT2D eigenvalue weighted by Crippen LogP contribution is 2.26. The molecule has 0 aliphatic carbocycles. The number of rotatable bonds is 6. The van der Waals surface area contributed by atoms with Gasteiger partial charge in [-0.1, -0.05) is 30.3 Å². The second-order valence-electron chi connectivity index (χ2n) is 8.64. The molecule has 0 radical (unpaired) electrons. The van der Waals surface area contributed by atoms with Crippen molar-refractivity contribution in [3.63, 3.8) is 0 Å². The summed E-state index contributed by atoms with van der Waals surface area (Å²) in [4.78, 5) is 16.6. The molecule has 0 bridgehead atoms. The Kier molecular flexibility index (Phi) is 6.87. The Morgan fingerprint density at radius 2 is 1.69 bits per heavy atom. The first-order valence-electron chi connectivity index (χ1n) is 10.8. The quantitative estimate of drug-likeness (QED) is 0.805. The second-order valence-corrected chi connectivity index (χ2v) is 8.64. The molecule has 1 aromatic heterocycles. The fourth-order valence-corrected chi connectivity index (χ4v) is 4.62. The van der Waals surface area contributed by atoms with Crippen molar-refractivity contribution in [1.29, 1.82) is 0 Å². The summed E-state index contributed by atoms with van der Waals surface area (Å²) in [6, 6.07) is 10.1. The Labute approximate surface area is 174 Å². The fourth-order valence-electron chi connectivity index (χ4n) is 4.62. The molecule has 1 aromatic carbocycles. The molecule has 2 atom stereocenters. The summed E-state index contributed by atoms with van der Waals surface area (Å²) < 4.78 is 0. The van der Waals surface area contributed by atoms with Crippen LogP contribution in [-0.4, -0.2) is 89.2 Å². The van der Waals surface area contributed by atoms with Gasteiger partial charge in [0.25, 0.3) is 0 Å². The topological polar surface area (TPSA) is 55.7 Å². The van der Waals surface area contributed by atoms with E-state index in [1.54, 1.807) is 0 Å². The summed E-state index contributed by atoms with van der Waals surface area (Å²) >= 11 is 0. The van der Waals surface area contributed by atoms with Crippen molar-refractivity contribution in [3.05, 3.63) is 48.3 Å². The average Bonchev–Trinajstić information content (AvgIpc) is 3.01. The first-order valence-corrected chi connectivity index (χ1v) is 10.8. The van der Waals surface area contributed by atoms with E-state index < -0.39 is 0 Å². The van der Waals surface area contributed by atoms with Gasteiger partial charge in [-0.2, -0.15) is 0 Å². The molecule has 0 saturated carbocycles. The summed E-state index contributed by atoms with van der Waals surface area (Å²) in [5.74, 6) is 1.67. The van der Waals surface area contributed by atoms with Crippen molar-refractivity contribution in [3.8, 4) is 11.4 Å². The number of nitrogens with zero attached hydrogens (tertiary/aromatic N) is 5. The summed E-state index contributed by atoms with van der Waals surface area (Å²) in [7, 11) is 2.21. The zero-order valence-corrected chi connectivity index (χ0v) is 17.5. The molecular weight excluding hydrogens is 362 g/mol. The molecule has 0 spiro atoms. The number of likely N-dealkylation sites (N-methyl/N-ethyl adjacent to an activating group) is 1. The molecule has 0 unspecified atom stereocenters. The minimum absolute atomic E-state index is 0.276. The largest absolute Gasteiger partial charge is 0.396 e. The van der Waals surface area contributed by atoms with Crippen LogP contribution in [0.5, 0.6) is 0 Å². The van der Waals surface area contributed by atoms with Crippen LogP contribution in [0.4, 0.5) is 0 Å². The van der Waals surface area contributed by atoms with E-state index in [1.807, 2.05) is 42.7 Å². The zero-order valence-electron chi connectivity index (χ0n) is 17.5. The SMILES string of the molecule is CN1CCCN(C[C@@H]2CN(Cc3cnc(-c4ccccc4)nc3)C[C@@H]2CO)CC1. The van der Waals surface area contributed by atoms with E-state index in [0.29, 0.717) is 11.8 Å². The van der Waals surface area contributed by atoms with Gasteiger partial charge in [-0.05, 0) is 38.4 Å². The monoisotopic (exact) mass is 395 g/mol. The first kappa shape index (κ1) is 20.4. The van der Waals surface area contributed by atoms with Crippen molar-refractivity contribution in [2.24, 2.45) is 11.8 Å².